The third-order valence-electron chi connectivity index (χ3n) is 3.00. The summed E-state index contributed by atoms with van der Waals surface area (Å²) in [4.78, 5) is 13.1. The number of hydrogen-bond donors (Lipinski definition) is 2. The Labute approximate surface area is 129 Å². The van der Waals surface area contributed by atoms with Crippen molar-refractivity contribution in [2.45, 2.75) is 13.1 Å². The summed E-state index contributed by atoms with van der Waals surface area (Å²) in [6.07, 6.45) is -4.79. The van der Waals surface area contributed by atoms with Gasteiger partial charge in [0.1, 0.15) is 29.1 Å². The van der Waals surface area contributed by atoms with Gasteiger partial charge in [-0.3, -0.25) is 4.79 Å². The summed E-state index contributed by atoms with van der Waals surface area (Å²) < 4.78 is 39.7. The number of carbonyl (C=O) groups excluding carboxylic acids is 1. The van der Waals surface area contributed by atoms with Gasteiger partial charge in [-0.15, -0.1) is 0 Å². The fraction of sp³-hybridized carbons (Fsp3) is 0.133. The van der Waals surface area contributed by atoms with Gasteiger partial charge in [0.05, 0.1) is 0 Å². The molecular formula is C15H9F3N4O. The number of nitrogens with zero attached hydrogens (tertiary/aromatic N) is 2. The van der Waals surface area contributed by atoms with Gasteiger partial charge in [-0.05, 0) is 17.7 Å². The van der Waals surface area contributed by atoms with Crippen LogP contribution < -0.4 is 5.32 Å². The van der Waals surface area contributed by atoms with Crippen LogP contribution in [-0.4, -0.2) is 10.9 Å². The smallest absolute Gasteiger partial charge is 0.337 e. The Balaban J connectivity index is 2.63. The van der Waals surface area contributed by atoms with E-state index in [2.05, 4.69) is 10.3 Å². The van der Waals surface area contributed by atoms with Crippen LogP contribution in [0.1, 0.15) is 23.9 Å². The maximum atomic E-state index is 13.2. The molecule has 1 heterocycles. The molecule has 2 rings (SSSR count). The lowest BCUT2D eigenvalue weighted by molar-refractivity contribution is -0.137. The lowest BCUT2D eigenvalue weighted by Crippen LogP contribution is -2.08. The van der Waals surface area contributed by atoms with Crippen molar-refractivity contribution in [1.82, 2.24) is 4.98 Å². The Bertz CT molecular complexity index is 836. The number of hydrogen-bond acceptors (Lipinski definition) is 3. The normalized spacial score (nSPS) is 10.7. The van der Waals surface area contributed by atoms with E-state index >= 15 is 0 Å². The second kappa shape index (κ2) is 5.85. The highest BCUT2D eigenvalue weighted by atomic mass is 19.4. The van der Waals surface area contributed by atoms with E-state index in [-0.39, 0.29) is 22.7 Å². The fourth-order valence-corrected chi connectivity index (χ4v) is 2.16. The first kappa shape index (κ1) is 16.1. The number of carbonyl (C=O) groups is 1. The number of H-pyrrole nitrogens is 1. The number of aromatic amines is 1. The highest BCUT2D eigenvalue weighted by Gasteiger charge is 2.40. The summed E-state index contributed by atoms with van der Waals surface area (Å²) in [6, 6.07) is 8.56. The second-order valence-electron chi connectivity index (χ2n) is 4.60. The summed E-state index contributed by atoms with van der Waals surface area (Å²) in [5.41, 5.74) is -2.10. The number of alkyl halides is 3. The molecule has 5 nitrogen and oxygen atoms in total. The van der Waals surface area contributed by atoms with Crippen LogP contribution >= 0.6 is 0 Å². The topological polar surface area (TPSA) is 92.5 Å². The molecule has 0 spiro atoms. The summed E-state index contributed by atoms with van der Waals surface area (Å²) in [5.74, 6) is -0.320. The van der Waals surface area contributed by atoms with Crippen molar-refractivity contribution in [2.24, 2.45) is 0 Å². The predicted molar refractivity (Wildman–Crippen MR) is 75.0 cm³/mol. The molecule has 2 N–H and O–H groups in total. The minimum atomic E-state index is -4.79. The van der Waals surface area contributed by atoms with Gasteiger partial charge in [0.2, 0.25) is 5.91 Å². The van der Waals surface area contributed by atoms with E-state index in [4.69, 9.17) is 10.5 Å². The molecule has 0 saturated carbocycles. The number of nitriles is 2. The minimum absolute atomic E-state index is 0.112. The van der Waals surface area contributed by atoms with Crippen LogP contribution in [0.4, 0.5) is 18.9 Å². The van der Waals surface area contributed by atoms with Crippen molar-refractivity contribution in [3.05, 3.63) is 41.2 Å². The lowest BCUT2D eigenvalue weighted by Gasteiger charge is -2.10. The zero-order valence-corrected chi connectivity index (χ0v) is 11.7. The summed E-state index contributed by atoms with van der Waals surface area (Å²) >= 11 is 0. The Morgan fingerprint density at radius 2 is 1.70 bits per heavy atom. The standard InChI is InChI=1S/C15H9F3N4O/c1-8(23)21-10-4-2-9(3-5-10)13-11(6-19)22-12(7-20)14(13)15(16,17)18/h2-5,22H,1H3,(H,21,23). The van der Waals surface area contributed by atoms with Crippen LogP contribution in [0.3, 0.4) is 0 Å². The average molecular weight is 318 g/mol. The largest absolute Gasteiger partial charge is 0.419 e. The number of benzene rings is 1. The number of amides is 1. The summed E-state index contributed by atoms with van der Waals surface area (Å²) in [6.45, 7) is 1.30. The molecule has 0 unspecified atom stereocenters. The second-order valence-corrected chi connectivity index (χ2v) is 4.60. The fourth-order valence-electron chi connectivity index (χ4n) is 2.16. The van der Waals surface area contributed by atoms with Crippen LogP contribution in [-0.2, 0) is 11.0 Å². The quantitative estimate of drug-likeness (QED) is 0.888. The van der Waals surface area contributed by atoms with E-state index in [9.17, 15) is 18.0 Å². The van der Waals surface area contributed by atoms with Crippen molar-refractivity contribution < 1.29 is 18.0 Å². The van der Waals surface area contributed by atoms with Crippen LogP contribution in [0.5, 0.6) is 0 Å². The Kier molecular flexibility index (Phi) is 4.10. The first-order chi connectivity index (χ1) is 10.8. The highest BCUT2D eigenvalue weighted by Crippen LogP contribution is 2.41. The van der Waals surface area contributed by atoms with Gasteiger partial charge in [0, 0.05) is 18.2 Å². The Hall–Kier alpha value is -3.26. The zero-order chi connectivity index (χ0) is 17.2. The van der Waals surface area contributed by atoms with E-state index in [1.165, 1.54) is 37.3 Å². The van der Waals surface area contributed by atoms with Gasteiger partial charge in [-0.2, -0.15) is 23.7 Å². The highest BCUT2D eigenvalue weighted by molar-refractivity contribution is 5.89. The number of anilines is 1. The van der Waals surface area contributed by atoms with E-state index in [1.54, 1.807) is 6.07 Å². The first-order valence-electron chi connectivity index (χ1n) is 6.29. The molecule has 0 fully saturated rings. The van der Waals surface area contributed by atoms with Gasteiger partial charge >= 0.3 is 6.18 Å². The summed E-state index contributed by atoms with van der Waals surface area (Å²) in [5, 5.41) is 20.4. The molecule has 1 aromatic heterocycles. The van der Waals surface area contributed by atoms with E-state index in [0.29, 0.717) is 5.69 Å². The molecule has 0 bridgehead atoms. The van der Waals surface area contributed by atoms with Crippen LogP contribution in [0.2, 0.25) is 0 Å². The first-order valence-corrected chi connectivity index (χ1v) is 6.29. The molecule has 1 aromatic carbocycles. The number of halogens is 3. The molecule has 2 aromatic rings. The van der Waals surface area contributed by atoms with E-state index in [0.717, 1.165) is 0 Å². The van der Waals surface area contributed by atoms with Gasteiger partial charge < -0.3 is 10.3 Å². The van der Waals surface area contributed by atoms with Crippen molar-refractivity contribution in [3.63, 3.8) is 0 Å². The van der Waals surface area contributed by atoms with Gasteiger partial charge in [-0.1, -0.05) is 12.1 Å². The van der Waals surface area contributed by atoms with Crippen LogP contribution in [0.15, 0.2) is 24.3 Å². The van der Waals surface area contributed by atoms with Crippen molar-refractivity contribution in [3.8, 4) is 23.3 Å². The monoisotopic (exact) mass is 318 g/mol. The maximum Gasteiger partial charge on any atom is 0.419 e. The Morgan fingerprint density at radius 1 is 1.13 bits per heavy atom. The molecule has 8 heteroatoms. The molecule has 1 amide bonds. The van der Waals surface area contributed by atoms with Gasteiger partial charge in [0.15, 0.2) is 0 Å². The third-order valence-corrected chi connectivity index (χ3v) is 3.00. The lowest BCUT2D eigenvalue weighted by atomic mass is 9.99. The third kappa shape index (κ3) is 3.16. The molecule has 0 aliphatic heterocycles. The predicted octanol–water partition coefficient (Wildman–Crippen LogP) is 3.40. The van der Waals surface area contributed by atoms with E-state index < -0.39 is 17.4 Å². The number of nitrogens with one attached hydrogen (secondary N) is 2. The van der Waals surface area contributed by atoms with Crippen molar-refractivity contribution in [2.75, 3.05) is 5.32 Å². The van der Waals surface area contributed by atoms with Gasteiger partial charge in [0.25, 0.3) is 0 Å². The minimum Gasteiger partial charge on any atom is -0.337 e. The number of aromatic nitrogens is 1. The Morgan fingerprint density at radius 3 is 2.13 bits per heavy atom. The molecule has 0 atom stereocenters. The molecule has 0 aliphatic carbocycles. The average Bonchev–Trinajstić information content (AvgIpc) is 2.86. The molecule has 116 valence electrons. The van der Waals surface area contributed by atoms with Gasteiger partial charge in [-0.25, -0.2) is 0 Å². The van der Waals surface area contributed by atoms with Crippen LogP contribution in [0, 0.1) is 22.7 Å². The molecular weight excluding hydrogens is 309 g/mol. The van der Waals surface area contributed by atoms with Crippen LogP contribution in [0.25, 0.3) is 11.1 Å². The molecule has 0 saturated heterocycles. The van der Waals surface area contributed by atoms with E-state index in [1.807, 2.05) is 0 Å². The van der Waals surface area contributed by atoms with Crippen molar-refractivity contribution >= 4 is 11.6 Å². The zero-order valence-electron chi connectivity index (χ0n) is 11.7. The summed E-state index contributed by atoms with van der Waals surface area (Å²) in [7, 11) is 0. The maximum absolute atomic E-state index is 13.2. The SMILES string of the molecule is CC(=O)Nc1ccc(-c2c(C#N)[nH]c(C#N)c2C(F)(F)F)cc1. The molecule has 23 heavy (non-hydrogen) atoms. The van der Waals surface area contributed by atoms with Crippen molar-refractivity contribution in [1.29, 1.82) is 10.5 Å². The number of rotatable bonds is 2. The molecule has 0 radical (unpaired) electrons. The molecule has 0 aliphatic rings.